The molecule has 23 heavy (non-hydrogen) atoms. The lowest BCUT2D eigenvalue weighted by Crippen LogP contribution is -2.41. The standard InChI is InChI=1S/C16H20N2O4.ClH/c1-10(18-7-6-13(9-18)16(21)22)15(20)17-14-5-3-4-12(8-14)11(2)19;/h3-5,8,10,13H,6-7,9H2,1-2H3,(H,17,20)(H,21,22);1H. The Morgan fingerprint density at radius 2 is 2.04 bits per heavy atom. The number of hydrogen-bond donors (Lipinski definition) is 2. The van der Waals surface area contributed by atoms with Crippen LogP contribution in [0.2, 0.25) is 0 Å². The van der Waals surface area contributed by atoms with Crippen LogP contribution in [0.4, 0.5) is 5.69 Å². The summed E-state index contributed by atoms with van der Waals surface area (Å²) in [5, 5.41) is 11.8. The summed E-state index contributed by atoms with van der Waals surface area (Å²) in [6, 6.07) is 6.36. The van der Waals surface area contributed by atoms with E-state index >= 15 is 0 Å². The van der Waals surface area contributed by atoms with Gasteiger partial charge in [-0.25, -0.2) is 0 Å². The Hall–Kier alpha value is -1.92. The molecule has 2 atom stereocenters. The van der Waals surface area contributed by atoms with Gasteiger partial charge < -0.3 is 10.4 Å². The van der Waals surface area contributed by atoms with E-state index in [2.05, 4.69) is 5.32 Å². The van der Waals surface area contributed by atoms with Crippen LogP contribution in [-0.4, -0.2) is 46.8 Å². The molecule has 126 valence electrons. The number of carboxylic acid groups (broad SMARTS) is 1. The van der Waals surface area contributed by atoms with Gasteiger partial charge in [0.25, 0.3) is 0 Å². The maximum atomic E-state index is 12.3. The number of carboxylic acids is 1. The molecule has 0 saturated carbocycles. The molecule has 7 heteroatoms. The molecule has 2 N–H and O–H groups in total. The third-order valence-electron chi connectivity index (χ3n) is 4.03. The van der Waals surface area contributed by atoms with Gasteiger partial charge in [0.2, 0.25) is 5.91 Å². The van der Waals surface area contributed by atoms with E-state index in [0.717, 1.165) is 0 Å². The average Bonchev–Trinajstić information content (AvgIpc) is 2.96. The van der Waals surface area contributed by atoms with Crippen molar-refractivity contribution in [2.75, 3.05) is 18.4 Å². The van der Waals surface area contributed by atoms with Crippen molar-refractivity contribution in [3.8, 4) is 0 Å². The number of hydrogen-bond acceptors (Lipinski definition) is 4. The van der Waals surface area contributed by atoms with E-state index < -0.39 is 17.9 Å². The van der Waals surface area contributed by atoms with Crippen LogP contribution in [0.5, 0.6) is 0 Å². The molecule has 1 aromatic carbocycles. The number of likely N-dealkylation sites (tertiary alicyclic amines) is 1. The Kier molecular flexibility index (Phi) is 6.72. The zero-order chi connectivity index (χ0) is 16.3. The number of Topliss-reactive ketones (excluding diaryl/α,β-unsaturated/α-hetero) is 1. The van der Waals surface area contributed by atoms with Gasteiger partial charge in [0.1, 0.15) is 0 Å². The molecule has 0 radical (unpaired) electrons. The van der Waals surface area contributed by atoms with Gasteiger partial charge in [-0.05, 0) is 38.9 Å². The Bertz CT molecular complexity index is 605. The summed E-state index contributed by atoms with van der Waals surface area (Å²) in [5.74, 6) is -1.49. The molecular formula is C16H21ClN2O4. The van der Waals surface area contributed by atoms with E-state index in [1.54, 1.807) is 31.2 Å². The molecule has 1 amide bonds. The first-order chi connectivity index (χ1) is 10.4. The van der Waals surface area contributed by atoms with Gasteiger partial charge in [0.05, 0.1) is 12.0 Å². The molecule has 0 aliphatic carbocycles. The number of rotatable bonds is 5. The molecule has 0 bridgehead atoms. The second-order valence-electron chi connectivity index (χ2n) is 5.62. The fourth-order valence-corrected chi connectivity index (χ4v) is 2.57. The molecule has 1 saturated heterocycles. The summed E-state index contributed by atoms with van der Waals surface area (Å²) >= 11 is 0. The number of anilines is 1. The number of carbonyl (C=O) groups is 3. The first-order valence-electron chi connectivity index (χ1n) is 7.27. The van der Waals surface area contributed by atoms with Gasteiger partial charge in [-0.2, -0.15) is 0 Å². The second-order valence-corrected chi connectivity index (χ2v) is 5.62. The van der Waals surface area contributed by atoms with Crippen LogP contribution in [0.3, 0.4) is 0 Å². The van der Waals surface area contributed by atoms with E-state index in [-0.39, 0.29) is 24.1 Å². The van der Waals surface area contributed by atoms with Gasteiger partial charge in [0, 0.05) is 17.8 Å². The number of nitrogens with zero attached hydrogens (tertiary/aromatic N) is 1. The van der Waals surface area contributed by atoms with Crippen LogP contribution < -0.4 is 5.32 Å². The van der Waals surface area contributed by atoms with Crippen molar-refractivity contribution in [1.82, 2.24) is 4.90 Å². The minimum atomic E-state index is -0.815. The van der Waals surface area contributed by atoms with Gasteiger partial charge in [-0.3, -0.25) is 19.3 Å². The van der Waals surface area contributed by atoms with Crippen LogP contribution >= 0.6 is 12.4 Å². The van der Waals surface area contributed by atoms with Crippen LogP contribution in [0, 0.1) is 5.92 Å². The highest BCUT2D eigenvalue weighted by molar-refractivity contribution is 5.98. The first kappa shape index (κ1) is 19.1. The molecule has 0 spiro atoms. The summed E-state index contributed by atoms with van der Waals surface area (Å²) in [5.41, 5.74) is 1.11. The largest absolute Gasteiger partial charge is 0.481 e. The van der Waals surface area contributed by atoms with Crippen molar-refractivity contribution in [3.05, 3.63) is 29.8 Å². The monoisotopic (exact) mass is 340 g/mol. The van der Waals surface area contributed by atoms with E-state index in [9.17, 15) is 14.4 Å². The third kappa shape index (κ3) is 4.77. The van der Waals surface area contributed by atoms with Gasteiger partial charge >= 0.3 is 5.97 Å². The van der Waals surface area contributed by atoms with Crippen LogP contribution in [0.25, 0.3) is 0 Å². The van der Waals surface area contributed by atoms with Crippen LogP contribution in [0.1, 0.15) is 30.6 Å². The number of halogens is 1. The van der Waals surface area contributed by atoms with Crippen molar-refractivity contribution in [1.29, 1.82) is 0 Å². The fraction of sp³-hybridized carbons (Fsp3) is 0.438. The van der Waals surface area contributed by atoms with E-state index in [4.69, 9.17) is 5.11 Å². The van der Waals surface area contributed by atoms with Gasteiger partial charge in [-0.15, -0.1) is 12.4 Å². The number of amides is 1. The number of aliphatic carboxylic acids is 1. The SMILES string of the molecule is CC(=O)c1cccc(NC(=O)C(C)N2CCC(C(=O)O)C2)c1.Cl. The highest BCUT2D eigenvalue weighted by Gasteiger charge is 2.33. The van der Waals surface area contributed by atoms with Crippen molar-refractivity contribution < 1.29 is 19.5 Å². The normalized spacial score (nSPS) is 18.8. The van der Waals surface area contributed by atoms with Crippen LogP contribution in [-0.2, 0) is 9.59 Å². The van der Waals surface area contributed by atoms with Crippen molar-refractivity contribution in [3.63, 3.8) is 0 Å². The fourth-order valence-electron chi connectivity index (χ4n) is 2.57. The number of ketones is 1. The molecule has 1 aromatic rings. The Morgan fingerprint density at radius 1 is 1.35 bits per heavy atom. The third-order valence-corrected chi connectivity index (χ3v) is 4.03. The highest BCUT2D eigenvalue weighted by atomic mass is 35.5. The summed E-state index contributed by atoms with van der Waals surface area (Å²) in [7, 11) is 0. The Balaban J connectivity index is 0.00000264. The zero-order valence-electron chi connectivity index (χ0n) is 13.1. The summed E-state index contributed by atoms with van der Waals surface area (Å²) in [6.07, 6.45) is 0.562. The average molecular weight is 341 g/mol. The molecule has 1 heterocycles. The van der Waals surface area contributed by atoms with E-state index in [0.29, 0.717) is 30.8 Å². The van der Waals surface area contributed by atoms with Crippen LogP contribution in [0.15, 0.2) is 24.3 Å². The predicted molar refractivity (Wildman–Crippen MR) is 89.1 cm³/mol. The highest BCUT2D eigenvalue weighted by Crippen LogP contribution is 2.20. The zero-order valence-corrected chi connectivity index (χ0v) is 13.9. The predicted octanol–water partition coefficient (Wildman–Crippen LogP) is 2.04. The molecule has 2 unspecified atom stereocenters. The van der Waals surface area contributed by atoms with Gasteiger partial charge in [0.15, 0.2) is 5.78 Å². The lowest BCUT2D eigenvalue weighted by atomic mass is 10.1. The molecular weight excluding hydrogens is 320 g/mol. The minimum absolute atomic E-state index is 0. The smallest absolute Gasteiger partial charge is 0.307 e. The maximum Gasteiger partial charge on any atom is 0.307 e. The lowest BCUT2D eigenvalue weighted by Gasteiger charge is -2.23. The topological polar surface area (TPSA) is 86.7 Å². The van der Waals surface area contributed by atoms with E-state index in [1.807, 2.05) is 4.90 Å². The molecule has 1 fully saturated rings. The quantitative estimate of drug-likeness (QED) is 0.801. The van der Waals surface area contributed by atoms with Gasteiger partial charge in [-0.1, -0.05) is 12.1 Å². The number of carbonyl (C=O) groups excluding carboxylic acids is 2. The summed E-state index contributed by atoms with van der Waals surface area (Å²) in [6.45, 7) is 4.21. The minimum Gasteiger partial charge on any atom is -0.481 e. The van der Waals surface area contributed by atoms with E-state index in [1.165, 1.54) is 6.92 Å². The second kappa shape index (κ2) is 8.08. The van der Waals surface area contributed by atoms with Crippen molar-refractivity contribution in [2.24, 2.45) is 5.92 Å². The summed E-state index contributed by atoms with van der Waals surface area (Å²) in [4.78, 5) is 36.5. The first-order valence-corrected chi connectivity index (χ1v) is 7.27. The summed E-state index contributed by atoms with van der Waals surface area (Å²) < 4.78 is 0. The number of benzene rings is 1. The lowest BCUT2D eigenvalue weighted by molar-refractivity contribution is -0.141. The Morgan fingerprint density at radius 3 is 2.61 bits per heavy atom. The molecule has 2 rings (SSSR count). The number of nitrogens with one attached hydrogen (secondary N) is 1. The molecule has 1 aliphatic heterocycles. The molecule has 1 aliphatic rings. The maximum absolute atomic E-state index is 12.3. The van der Waals surface area contributed by atoms with Crippen molar-refractivity contribution in [2.45, 2.75) is 26.3 Å². The Labute approximate surface area is 141 Å². The molecule has 0 aromatic heterocycles. The van der Waals surface area contributed by atoms with Crippen molar-refractivity contribution >= 4 is 35.8 Å². The molecule has 6 nitrogen and oxygen atoms in total.